The lowest BCUT2D eigenvalue weighted by molar-refractivity contribution is -0.144. The van der Waals surface area contributed by atoms with Crippen molar-refractivity contribution in [2.24, 2.45) is 0 Å². The van der Waals surface area contributed by atoms with Crippen molar-refractivity contribution >= 4 is 23.7 Å². The van der Waals surface area contributed by atoms with Crippen LogP contribution in [0, 0.1) is 0 Å². The predicted octanol–water partition coefficient (Wildman–Crippen LogP) is 0.425. The first-order chi connectivity index (χ1) is 8.84. The topological polar surface area (TPSA) is 104 Å². The van der Waals surface area contributed by atoms with Gasteiger partial charge in [0, 0.05) is 13.8 Å². The number of rotatable bonds is 2. The van der Waals surface area contributed by atoms with Crippen molar-refractivity contribution in [3.8, 4) is 0 Å². The van der Waals surface area contributed by atoms with Crippen molar-refractivity contribution < 1.29 is 24.3 Å². The van der Waals surface area contributed by atoms with E-state index in [2.05, 4.69) is 5.43 Å². The Bertz CT molecular complexity index is 539. The maximum Gasteiger partial charge on any atom is 0.336 e. The van der Waals surface area contributed by atoms with Gasteiger partial charge in [-0.15, -0.1) is 0 Å². The van der Waals surface area contributed by atoms with E-state index in [0.717, 1.165) is 13.8 Å². The van der Waals surface area contributed by atoms with Crippen molar-refractivity contribution in [2.45, 2.75) is 13.8 Å². The minimum Gasteiger partial charge on any atom is -0.478 e. The van der Waals surface area contributed by atoms with Crippen LogP contribution in [-0.4, -0.2) is 33.8 Å². The van der Waals surface area contributed by atoms with Crippen LogP contribution in [0.4, 0.5) is 0 Å². The van der Waals surface area contributed by atoms with Gasteiger partial charge in [-0.05, 0) is 12.1 Å². The third-order valence-corrected chi connectivity index (χ3v) is 2.25. The molecule has 0 saturated heterocycles. The average Bonchev–Trinajstić information content (AvgIpc) is 2.34. The van der Waals surface area contributed by atoms with Gasteiger partial charge in [0.25, 0.3) is 5.91 Å². The number of carbonyl (C=O) groups is 4. The summed E-state index contributed by atoms with van der Waals surface area (Å²) in [6.45, 7) is 2.20. The third-order valence-electron chi connectivity index (χ3n) is 2.25. The van der Waals surface area contributed by atoms with Gasteiger partial charge in [0.05, 0.1) is 11.1 Å². The van der Waals surface area contributed by atoms with Crippen LogP contribution in [0.25, 0.3) is 0 Å². The number of aromatic carboxylic acids is 1. The number of hydrogen-bond donors (Lipinski definition) is 2. The summed E-state index contributed by atoms with van der Waals surface area (Å²) in [5, 5.41) is 9.45. The molecule has 0 unspecified atom stereocenters. The zero-order chi connectivity index (χ0) is 14.6. The summed E-state index contributed by atoms with van der Waals surface area (Å²) in [5.74, 6) is -3.46. The molecule has 3 amide bonds. The summed E-state index contributed by atoms with van der Waals surface area (Å²) < 4.78 is 0. The van der Waals surface area contributed by atoms with Gasteiger partial charge in [-0.1, -0.05) is 12.1 Å². The first kappa shape index (κ1) is 14.4. The molecule has 0 heterocycles. The number of carboxylic acids is 1. The van der Waals surface area contributed by atoms with Crippen LogP contribution < -0.4 is 5.43 Å². The largest absolute Gasteiger partial charge is 0.478 e. The van der Waals surface area contributed by atoms with E-state index in [4.69, 9.17) is 5.11 Å². The smallest absolute Gasteiger partial charge is 0.336 e. The maximum atomic E-state index is 11.9. The Kier molecular flexibility index (Phi) is 4.36. The SMILES string of the molecule is CC(=O)N(NC(=O)c1ccccc1C(=O)O)C(C)=O. The molecule has 0 atom stereocenters. The second-order valence-corrected chi connectivity index (χ2v) is 3.67. The standard InChI is InChI=1S/C12H12N2O5/c1-7(15)14(8(2)16)13-11(17)9-5-3-4-6-10(9)12(18)19/h3-6H,1-2H3,(H,13,17)(H,18,19). The molecule has 0 aromatic heterocycles. The lowest BCUT2D eigenvalue weighted by Crippen LogP contribution is -2.48. The molecular formula is C12H12N2O5. The van der Waals surface area contributed by atoms with Crippen LogP contribution in [-0.2, 0) is 9.59 Å². The number of nitrogens with one attached hydrogen (secondary N) is 1. The number of hydrazine groups is 1. The molecule has 2 N–H and O–H groups in total. The fraction of sp³-hybridized carbons (Fsp3) is 0.167. The van der Waals surface area contributed by atoms with Crippen molar-refractivity contribution in [3.63, 3.8) is 0 Å². The van der Waals surface area contributed by atoms with Crippen molar-refractivity contribution in [1.82, 2.24) is 10.4 Å². The molecule has 1 rings (SSSR count). The molecule has 7 nitrogen and oxygen atoms in total. The molecule has 0 aliphatic carbocycles. The van der Waals surface area contributed by atoms with Gasteiger partial charge in [-0.2, -0.15) is 5.01 Å². The van der Waals surface area contributed by atoms with Gasteiger partial charge < -0.3 is 5.11 Å². The molecule has 1 aromatic carbocycles. The van der Waals surface area contributed by atoms with E-state index in [1.54, 1.807) is 0 Å². The summed E-state index contributed by atoms with van der Waals surface area (Å²) in [5.41, 5.74) is 1.71. The van der Waals surface area contributed by atoms with E-state index in [9.17, 15) is 19.2 Å². The molecular weight excluding hydrogens is 252 g/mol. The molecule has 0 radical (unpaired) electrons. The highest BCUT2D eigenvalue weighted by Crippen LogP contribution is 2.08. The number of carboxylic acid groups (broad SMARTS) is 1. The van der Waals surface area contributed by atoms with E-state index < -0.39 is 23.7 Å². The van der Waals surface area contributed by atoms with Crippen LogP contribution in [0.15, 0.2) is 24.3 Å². The van der Waals surface area contributed by atoms with Crippen LogP contribution in [0.3, 0.4) is 0 Å². The van der Waals surface area contributed by atoms with E-state index in [-0.39, 0.29) is 11.1 Å². The third kappa shape index (κ3) is 3.38. The summed E-state index contributed by atoms with van der Waals surface area (Å²) in [6.07, 6.45) is 0. The Morgan fingerprint density at radius 3 is 1.89 bits per heavy atom. The summed E-state index contributed by atoms with van der Waals surface area (Å²) >= 11 is 0. The highest BCUT2D eigenvalue weighted by atomic mass is 16.4. The highest BCUT2D eigenvalue weighted by Gasteiger charge is 2.21. The normalized spacial score (nSPS) is 9.58. The fourth-order valence-corrected chi connectivity index (χ4v) is 1.41. The van der Waals surface area contributed by atoms with E-state index in [1.807, 2.05) is 0 Å². The van der Waals surface area contributed by atoms with Crippen LogP contribution in [0.5, 0.6) is 0 Å². The zero-order valence-corrected chi connectivity index (χ0v) is 10.3. The Hall–Kier alpha value is -2.70. The van der Waals surface area contributed by atoms with Gasteiger partial charge in [-0.25, -0.2) is 4.79 Å². The Morgan fingerprint density at radius 2 is 1.47 bits per heavy atom. The van der Waals surface area contributed by atoms with Gasteiger partial charge in [0.2, 0.25) is 11.8 Å². The number of carbonyl (C=O) groups excluding carboxylic acids is 3. The molecule has 19 heavy (non-hydrogen) atoms. The van der Waals surface area contributed by atoms with E-state index >= 15 is 0 Å². The number of nitrogens with zero attached hydrogens (tertiary/aromatic N) is 1. The lowest BCUT2D eigenvalue weighted by Gasteiger charge is -2.18. The molecule has 0 aliphatic heterocycles. The minimum atomic E-state index is -1.28. The fourth-order valence-electron chi connectivity index (χ4n) is 1.41. The van der Waals surface area contributed by atoms with Crippen LogP contribution in [0.1, 0.15) is 34.6 Å². The summed E-state index contributed by atoms with van der Waals surface area (Å²) in [6, 6.07) is 5.49. The van der Waals surface area contributed by atoms with Crippen molar-refractivity contribution in [1.29, 1.82) is 0 Å². The second-order valence-electron chi connectivity index (χ2n) is 3.67. The molecule has 0 fully saturated rings. The molecule has 0 bridgehead atoms. The first-order valence-electron chi connectivity index (χ1n) is 5.29. The average molecular weight is 264 g/mol. The number of hydrogen-bond acceptors (Lipinski definition) is 4. The van der Waals surface area contributed by atoms with Gasteiger partial charge in [0.1, 0.15) is 0 Å². The van der Waals surface area contributed by atoms with Crippen LogP contribution in [0.2, 0.25) is 0 Å². The molecule has 0 aliphatic rings. The Morgan fingerprint density at radius 1 is 1.00 bits per heavy atom. The summed E-state index contributed by atoms with van der Waals surface area (Å²) in [7, 11) is 0. The number of benzene rings is 1. The lowest BCUT2D eigenvalue weighted by atomic mass is 10.1. The number of amides is 3. The van der Waals surface area contributed by atoms with Gasteiger partial charge in [-0.3, -0.25) is 19.8 Å². The maximum absolute atomic E-state index is 11.9. The number of imide groups is 1. The molecule has 1 aromatic rings. The molecule has 7 heteroatoms. The Balaban J connectivity index is 3.05. The van der Waals surface area contributed by atoms with Gasteiger partial charge >= 0.3 is 5.97 Å². The summed E-state index contributed by atoms with van der Waals surface area (Å²) in [4.78, 5) is 45.1. The molecule has 0 saturated carbocycles. The van der Waals surface area contributed by atoms with E-state index in [0.29, 0.717) is 5.01 Å². The predicted molar refractivity (Wildman–Crippen MR) is 64.1 cm³/mol. The minimum absolute atomic E-state index is 0.137. The first-order valence-corrected chi connectivity index (χ1v) is 5.29. The second kappa shape index (κ2) is 5.76. The molecule has 0 spiro atoms. The van der Waals surface area contributed by atoms with Gasteiger partial charge in [0.15, 0.2) is 0 Å². The van der Waals surface area contributed by atoms with Crippen LogP contribution >= 0.6 is 0 Å². The highest BCUT2D eigenvalue weighted by molar-refractivity contribution is 6.06. The van der Waals surface area contributed by atoms with Crippen molar-refractivity contribution in [3.05, 3.63) is 35.4 Å². The monoisotopic (exact) mass is 264 g/mol. The Labute approximate surface area is 108 Å². The van der Waals surface area contributed by atoms with E-state index in [1.165, 1.54) is 24.3 Å². The quantitative estimate of drug-likeness (QED) is 0.753. The van der Waals surface area contributed by atoms with Crippen molar-refractivity contribution in [2.75, 3.05) is 0 Å². The molecule has 100 valence electrons. The zero-order valence-electron chi connectivity index (χ0n) is 10.3.